The van der Waals surface area contributed by atoms with Gasteiger partial charge in [0.15, 0.2) is 11.6 Å². The van der Waals surface area contributed by atoms with Crippen molar-refractivity contribution in [1.29, 1.82) is 0 Å². The van der Waals surface area contributed by atoms with Crippen LogP contribution in [0, 0.1) is 0 Å². The normalized spacial score (nSPS) is 13.2. The van der Waals surface area contributed by atoms with Crippen LogP contribution in [0.25, 0.3) is 5.57 Å². The van der Waals surface area contributed by atoms with E-state index in [0.29, 0.717) is 29.3 Å². The van der Waals surface area contributed by atoms with Crippen LogP contribution in [0.5, 0.6) is 0 Å². The predicted octanol–water partition coefficient (Wildman–Crippen LogP) is 1.60. The van der Waals surface area contributed by atoms with E-state index in [4.69, 9.17) is 21.6 Å². The Bertz CT molecular complexity index is 869. The minimum absolute atomic E-state index is 0.338. The van der Waals surface area contributed by atoms with Gasteiger partial charge in [-0.1, -0.05) is 0 Å². The molecule has 0 atom stereocenters. The number of nitrogens with zero attached hydrogens (tertiary/aromatic N) is 5. The van der Waals surface area contributed by atoms with Gasteiger partial charge in [-0.05, 0) is 24.3 Å². The number of aromatic nitrogens is 2. The zero-order valence-electron chi connectivity index (χ0n) is 14.5. The Morgan fingerprint density at radius 3 is 2.85 bits per heavy atom. The van der Waals surface area contributed by atoms with Crippen LogP contribution < -0.4 is 27.4 Å². The summed E-state index contributed by atoms with van der Waals surface area (Å²) < 4.78 is 5.34. The number of pyridine rings is 2. The van der Waals surface area contributed by atoms with Gasteiger partial charge in [0.1, 0.15) is 5.69 Å². The van der Waals surface area contributed by atoms with Gasteiger partial charge in [0, 0.05) is 43.3 Å². The van der Waals surface area contributed by atoms with Gasteiger partial charge < -0.3 is 11.5 Å². The molecule has 0 spiro atoms. The summed E-state index contributed by atoms with van der Waals surface area (Å²) in [6.45, 7) is 0.338. The van der Waals surface area contributed by atoms with Crippen LogP contribution in [0.2, 0.25) is 0 Å². The van der Waals surface area contributed by atoms with Gasteiger partial charge in [-0.25, -0.2) is 15.8 Å². The zero-order valence-corrected chi connectivity index (χ0v) is 15.3. The zero-order chi connectivity index (χ0) is 18.7. The highest BCUT2D eigenvalue weighted by Crippen LogP contribution is 2.47. The van der Waals surface area contributed by atoms with E-state index < -0.39 is 0 Å². The van der Waals surface area contributed by atoms with Crippen molar-refractivity contribution in [2.45, 2.75) is 6.54 Å². The Hall–Kier alpha value is -2.82. The third kappa shape index (κ3) is 3.57. The van der Waals surface area contributed by atoms with Crippen LogP contribution in [0.15, 0.2) is 35.5 Å². The summed E-state index contributed by atoms with van der Waals surface area (Å²) in [7, 11) is 1.66. The first-order valence-corrected chi connectivity index (χ1v) is 8.88. The summed E-state index contributed by atoms with van der Waals surface area (Å²) in [6, 6.07) is 7.32. The van der Waals surface area contributed by atoms with E-state index in [9.17, 15) is 0 Å². The fourth-order valence-electron chi connectivity index (χ4n) is 2.42. The standard InChI is InChI=1S/C16H20N8OS/c1-20-8-10(7-17)13-5-4-12(18)15(22-13)23(19)9-11-3-6-14-16(21-11)24(14)25-26-2/h3-8H,9,17-19H2,1-2H3. The van der Waals surface area contributed by atoms with Crippen LogP contribution in [-0.2, 0) is 10.8 Å². The molecule has 136 valence electrons. The highest BCUT2D eigenvalue weighted by molar-refractivity contribution is 7.94. The lowest BCUT2D eigenvalue weighted by atomic mass is 10.2. The first-order chi connectivity index (χ1) is 12.6. The van der Waals surface area contributed by atoms with Gasteiger partial charge in [0.25, 0.3) is 0 Å². The smallest absolute Gasteiger partial charge is 0.186 e. The molecule has 2 aromatic heterocycles. The second kappa shape index (κ2) is 7.60. The summed E-state index contributed by atoms with van der Waals surface area (Å²) in [5.41, 5.74) is 15.2. The predicted molar refractivity (Wildman–Crippen MR) is 107 cm³/mol. The highest BCUT2D eigenvalue weighted by atomic mass is 32.2. The van der Waals surface area contributed by atoms with Crippen LogP contribution in [0.3, 0.4) is 0 Å². The minimum Gasteiger partial charge on any atom is -0.404 e. The molecule has 0 aromatic carbocycles. The van der Waals surface area contributed by atoms with E-state index in [1.165, 1.54) is 23.3 Å². The molecule has 0 saturated carbocycles. The average molecular weight is 372 g/mol. The van der Waals surface area contributed by atoms with Crippen molar-refractivity contribution >= 4 is 46.8 Å². The quantitative estimate of drug-likeness (QED) is 0.218. The van der Waals surface area contributed by atoms with E-state index in [-0.39, 0.29) is 0 Å². The summed E-state index contributed by atoms with van der Waals surface area (Å²) >= 11 is 1.26. The van der Waals surface area contributed by atoms with Gasteiger partial charge >= 0.3 is 0 Å². The first-order valence-electron chi connectivity index (χ1n) is 7.73. The highest BCUT2D eigenvalue weighted by Gasteiger charge is 2.33. The topological polar surface area (TPSA) is 132 Å². The minimum atomic E-state index is 0.338. The molecule has 26 heavy (non-hydrogen) atoms. The molecule has 0 radical (unpaired) electrons. The molecular formula is C16H20N8OS. The number of hydrogen-bond acceptors (Lipinski definition) is 10. The van der Waals surface area contributed by atoms with Gasteiger partial charge in [-0.3, -0.25) is 10.0 Å². The van der Waals surface area contributed by atoms with Gasteiger partial charge in [0.05, 0.1) is 23.6 Å². The molecule has 0 fully saturated rings. The van der Waals surface area contributed by atoms with Gasteiger partial charge in [-0.15, -0.1) is 0 Å². The second-order valence-corrected chi connectivity index (χ2v) is 5.91. The molecule has 10 heteroatoms. The molecule has 6 N–H and O–H groups in total. The van der Waals surface area contributed by atoms with Crippen molar-refractivity contribution in [3.05, 3.63) is 41.9 Å². The van der Waals surface area contributed by atoms with Crippen LogP contribution in [0.4, 0.5) is 23.0 Å². The van der Waals surface area contributed by atoms with Crippen molar-refractivity contribution in [1.82, 2.24) is 9.97 Å². The molecule has 1 aliphatic rings. The lowest BCUT2D eigenvalue weighted by Gasteiger charge is -2.19. The maximum absolute atomic E-state index is 6.19. The Morgan fingerprint density at radius 2 is 2.15 bits per heavy atom. The third-order valence-corrected chi connectivity index (χ3v) is 3.97. The summed E-state index contributed by atoms with van der Waals surface area (Å²) in [5, 5.41) is 3.11. The van der Waals surface area contributed by atoms with Crippen molar-refractivity contribution in [2.24, 2.45) is 16.6 Å². The third-order valence-electron chi connectivity index (χ3n) is 3.68. The summed E-state index contributed by atoms with van der Waals surface area (Å²) in [5.74, 6) is 7.41. The number of fused-ring (bicyclic) bond motifs is 1. The van der Waals surface area contributed by atoms with Crippen LogP contribution in [-0.4, -0.2) is 29.5 Å². The second-order valence-electron chi connectivity index (χ2n) is 5.43. The largest absolute Gasteiger partial charge is 0.404 e. The fourth-order valence-corrected chi connectivity index (χ4v) is 2.72. The fraction of sp³-hybridized carbons (Fsp3) is 0.188. The van der Waals surface area contributed by atoms with Crippen molar-refractivity contribution < 1.29 is 4.28 Å². The number of hydrogen-bond donors (Lipinski definition) is 3. The van der Waals surface area contributed by atoms with Crippen molar-refractivity contribution in [3.8, 4) is 0 Å². The number of nitrogen functional groups attached to an aromatic ring is 1. The molecule has 1 aliphatic heterocycles. The van der Waals surface area contributed by atoms with Crippen molar-refractivity contribution in [3.63, 3.8) is 0 Å². The number of allylic oxidation sites excluding steroid dienone is 1. The Labute approximate surface area is 155 Å². The molecule has 0 saturated heterocycles. The Kier molecular flexibility index (Phi) is 5.26. The maximum Gasteiger partial charge on any atom is 0.186 e. The van der Waals surface area contributed by atoms with E-state index >= 15 is 0 Å². The first kappa shape index (κ1) is 18.0. The molecule has 3 heterocycles. The molecular weight excluding hydrogens is 352 g/mol. The lowest BCUT2D eigenvalue weighted by molar-refractivity contribution is 0.416. The van der Waals surface area contributed by atoms with Gasteiger partial charge in [-0.2, -0.15) is 9.35 Å². The maximum atomic E-state index is 6.19. The number of nitrogens with two attached hydrogens (primary N) is 3. The van der Waals surface area contributed by atoms with E-state index in [0.717, 1.165) is 17.2 Å². The van der Waals surface area contributed by atoms with Crippen LogP contribution >= 0.6 is 12.0 Å². The summed E-state index contributed by atoms with van der Waals surface area (Å²) in [6.07, 6.45) is 4.90. The number of anilines is 4. The molecule has 0 amide bonds. The van der Waals surface area contributed by atoms with E-state index in [1.807, 2.05) is 18.4 Å². The van der Waals surface area contributed by atoms with Crippen LogP contribution in [0.1, 0.15) is 11.4 Å². The molecule has 0 aliphatic carbocycles. The molecule has 0 unspecified atom stereocenters. The lowest BCUT2D eigenvalue weighted by Crippen LogP contribution is -2.32. The molecule has 3 rings (SSSR count). The van der Waals surface area contributed by atoms with Crippen molar-refractivity contribution in [2.75, 3.05) is 29.1 Å². The van der Waals surface area contributed by atoms with Gasteiger partial charge in [0.2, 0.25) is 0 Å². The van der Waals surface area contributed by atoms with E-state index in [1.54, 1.807) is 30.5 Å². The average Bonchev–Trinajstić information content (AvgIpc) is 3.32. The number of rotatable bonds is 7. The number of aliphatic imine (C=N–C) groups is 1. The molecule has 2 aromatic rings. The van der Waals surface area contributed by atoms with E-state index in [2.05, 4.69) is 15.0 Å². The number of hydrazine groups is 1. The molecule has 0 bridgehead atoms. The SMILES string of the molecule is CN=CC(=CN)c1ccc(N)c(N(N)Cc2ccc3c(n2)N3OSC)n1. The Morgan fingerprint density at radius 1 is 1.35 bits per heavy atom. The Balaban J connectivity index is 1.79. The molecule has 9 nitrogen and oxygen atoms in total. The monoisotopic (exact) mass is 372 g/mol. The summed E-state index contributed by atoms with van der Waals surface area (Å²) in [4.78, 5) is 13.0.